The van der Waals surface area contributed by atoms with Gasteiger partial charge >= 0.3 is 0 Å². The second kappa shape index (κ2) is 10.4. The van der Waals surface area contributed by atoms with Crippen molar-refractivity contribution in [2.24, 2.45) is 0 Å². The van der Waals surface area contributed by atoms with E-state index in [0.29, 0.717) is 11.1 Å². The van der Waals surface area contributed by atoms with Gasteiger partial charge < -0.3 is 4.57 Å². The van der Waals surface area contributed by atoms with Gasteiger partial charge in [-0.3, -0.25) is 4.57 Å². The number of para-hydroxylation sites is 1. The quantitative estimate of drug-likeness (QED) is 0.193. The van der Waals surface area contributed by atoms with Gasteiger partial charge in [0.15, 0.2) is 0 Å². The van der Waals surface area contributed by atoms with Crippen LogP contribution in [0, 0.1) is 22.7 Å². The average Bonchev–Trinajstić information content (AvgIpc) is 3.80. The number of hydrogen-bond donors (Lipinski definition) is 0. The van der Waals surface area contributed by atoms with Gasteiger partial charge in [-0.1, -0.05) is 48.5 Å². The van der Waals surface area contributed by atoms with Gasteiger partial charge in [0, 0.05) is 59.3 Å². The van der Waals surface area contributed by atoms with Gasteiger partial charge in [-0.2, -0.15) is 10.5 Å². The highest BCUT2D eigenvalue weighted by atomic mass is 32.1. The zero-order valence-electron chi connectivity index (χ0n) is 25.9. The first-order chi connectivity index (χ1) is 24.2. The molecule has 5 nitrogen and oxygen atoms in total. The minimum atomic E-state index is 0.572. The van der Waals surface area contributed by atoms with E-state index >= 15 is 0 Å². The van der Waals surface area contributed by atoms with Crippen molar-refractivity contribution in [3.63, 3.8) is 0 Å². The highest BCUT2D eigenvalue weighted by molar-refractivity contribution is 7.25. The number of benzene rings is 6. The maximum Gasteiger partial charge on any atom is 0.145 e. The topological polar surface area (TPSA) is 70.3 Å². The molecule has 0 aliphatic carbocycles. The number of aromatic nitrogens is 3. The van der Waals surface area contributed by atoms with E-state index in [2.05, 4.69) is 106 Å². The van der Waals surface area contributed by atoms with Crippen molar-refractivity contribution < 1.29 is 0 Å². The Morgan fingerprint density at radius 1 is 0.469 bits per heavy atom. The summed E-state index contributed by atoms with van der Waals surface area (Å²) in [6.45, 7) is 0. The van der Waals surface area contributed by atoms with Crippen LogP contribution in [-0.4, -0.2) is 14.1 Å². The third-order valence-corrected chi connectivity index (χ3v) is 10.7. The van der Waals surface area contributed by atoms with Crippen molar-refractivity contribution in [2.45, 2.75) is 0 Å². The van der Waals surface area contributed by atoms with E-state index in [1.807, 2.05) is 66.1 Å². The highest BCUT2D eigenvalue weighted by Crippen LogP contribution is 2.41. The first-order valence-corrected chi connectivity index (χ1v) is 16.8. The fourth-order valence-electron chi connectivity index (χ4n) is 7.44. The van der Waals surface area contributed by atoms with E-state index in [9.17, 15) is 10.5 Å². The minimum absolute atomic E-state index is 0.572. The van der Waals surface area contributed by atoms with Crippen molar-refractivity contribution >= 4 is 75.3 Å². The molecule has 10 rings (SSSR count). The van der Waals surface area contributed by atoms with E-state index in [-0.39, 0.29) is 0 Å². The molecule has 0 bridgehead atoms. The van der Waals surface area contributed by atoms with Crippen LogP contribution in [0.5, 0.6) is 0 Å². The van der Waals surface area contributed by atoms with E-state index in [4.69, 9.17) is 4.98 Å². The van der Waals surface area contributed by atoms with Gasteiger partial charge in [-0.05, 0) is 96.1 Å². The summed E-state index contributed by atoms with van der Waals surface area (Å²) in [5.74, 6) is 0. The lowest BCUT2D eigenvalue weighted by Gasteiger charge is -2.13. The first kappa shape index (κ1) is 27.4. The van der Waals surface area contributed by atoms with E-state index in [0.717, 1.165) is 60.9 Å². The Morgan fingerprint density at radius 2 is 1.24 bits per heavy atom. The van der Waals surface area contributed by atoms with Crippen molar-refractivity contribution in [3.8, 4) is 34.6 Å². The van der Waals surface area contributed by atoms with Gasteiger partial charge in [-0.25, -0.2) is 4.98 Å². The molecule has 6 heteroatoms. The molecule has 0 radical (unpaired) electrons. The molecule has 0 aliphatic heterocycles. The maximum atomic E-state index is 10.2. The molecule has 0 amide bonds. The third-order valence-electron chi connectivity index (χ3n) is 9.57. The number of hydrogen-bond acceptors (Lipinski definition) is 4. The summed E-state index contributed by atoms with van der Waals surface area (Å²) in [7, 11) is 0. The Kier molecular flexibility index (Phi) is 5.81. The molecule has 0 spiro atoms. The van der Waals surface area contributed by atoms with Crippen molar-refractivity contribution in [1.82, 2.24) is 14.1 Å². The van der Waals surface area contributed by atoms with Crippen molar-refractivity contribution in [3.05, 3.63) is 151 Å². The maximum absolute atomic E-state index is 10.2. The van der Waals surface area contributed by atoms with Gasteiger partial charge in [0.05, 0.1) is 39.8 Å². The van der Waals surface area contributed by atoms with Gasteiger partial charge in [0.2, 0.25) is 0 Å². The number of fused-ring (bicyclic) bond motifs is 9. The van der Waals surface area contributed by atoms with E-state index < -0.39 is 0 Å². The minimum Gasteiger partial charge on any atom is -0.309 e. The van der Waals surface area contributed by atoms with Crippen LogP contribution in [0.2, 0.25) is 0 Å². The van der Waals surface area contributed by atoms with Crippen LogP contribution in [0.25, 0.3) is 86.4 Å². The summed E-state index contributed by atoms with van der Waals surface area (Å²) in [4.78, 5) is 4.88. The molecule has 6 aromatic carbocycles. The molecule has 226 valence electrons. The fraction of sp³-hybridized carbons (Fsp3) is 0. The fourth-order valence-corrected chi connectivity index (χ4v) is 8.56. The summed E-state index contributed by atoms with van der Waals surface area (Å²) in [6.07, 6.45) is 1.85. The zero-order valence-corrected chi connectivity index (χ0v) is 26.7. The molecular formula is C43H23N5S. The van der Waals surface area contributed by atoms with Gasteiger partial charge in [-0.15, -0.1) is 11.3 Å². The SMILES string of the molecule is N#Cc1cc(-c2cccc(-n3c4cc5sc6ccccc6c5cc4c4cccnc43)c2)cc(-n2c3ccccc3c3cc(C#N)ccc32)c1. The van der Waals surface area contributed by atoms with Crippen LogP contribution in [0.3, 0.4) is 0 Å². The van der Waals surface area contributed by atoms with Crippen molar-refractivity contribution in [1.29, 1.82) is 10.5 Å². The molecular weight excluding hydrogens is 619 g/mol. The monoisotopic (exact) mass is 641 g/mol. The summed E-state index contributed by atoms with van der Waals surface area (Å²) < 4.78 is 6.97. The molecule has 0 N–H and O–H groups in total. The molecule has 49 heavy (non-hydrogen) atoms. The summed E-state index contributed by atoms with van der Waals surface area (Å²) in [5.41, 5.74) is 9.04. The molecule has 4 aromatic heterocycles. The lowest BCUT2D eigenvalue weighted by molar-refractivity contribution is 1.14. The lowest BCUT2D eigenvalue weighted by Crippen LogP contribution is -1.97. The molecule has 0 saturated carbocycles. The smallest absolute Gasteiger partial charge is 0.145 e. The molecule has 4 heterocycles. The number of nitrogens with zero attached hydrogens (tertiary/aromatic N) is 5. The molecule has 0 atom stereocenters. The highest BCUT2D eigenvalue weighted by Gasteiger charge is 2.18. The molecule has 0 aliphatic rings. The Hall–Kier alpha value is -6.73. The summed E-state index contributed by atoms with van der Waals surface area (Å²) in [6, 6.07) is 50.6. The largest absolute Gasteiger partial charge is 0.309 e. The van der Waals surface area contributed by atoms with Crippen LogP contribution in [0.4, 0.5) is 0 Å². The van der Waals surface area contributed by atoms with Gasteiger partial charge in [0.25, 0.3) is 0 Å². The van der Waals surface area contributed by atoms with E-state index in [1.54, 1.807) is 0 Å². The molecule has 0 fully saturated rings. The second-order valence-electron chi connectivity index (χ2n) is 12.3. The third kappa shape index (κ3) is 4.06. The normalized spacial score (nSPS) is 11.6. The van der Waals surface area contributed by atoms with Crippen LogP contribution < -0.4 is 0 Å². The Labute approximate surface area is 284 Å². The summed E-state index contributed by atoms with van der Waals surface area (Å²) >= 11 is 1.82. The Balaban J connectivity index is 1.19. The molecule has 10 aromatic rings. The van der Waals surface area contributed by atoms with Gasteiger partial charge in [0.1, 0.15) is 5.65 Å². The Bertz CT molecular complexity index is 3090. The standard InChI is InChI=1S/C43H23N5S/c44-24-26-14-15-39-35(19-26)32-9-1-3-12-38(32)47(39)31-18-27(25-45)17-29(21-31)28-7-5-8-30(20-28)48-40-23-42-37(33-10-2-4-13-41(33)49-42)22-36(40)34-11-6-16-46-43(34)48/h1-23H. The number of nitriles is 2. The number of pyridine rings is 1. The van der Waals surface area contributed by atoms with E-state index in [1.165, 1.54) is 25.6 Å². The van der Waals surface area contributed by atoms with Crippen LogP contribution in [0.1, 0.15) is 11.1 Å². The predicted molar refractivity (Wildman–Crippen MR) is 201 cm³/mol. The molecule has 0 saturated heterocycles. The second-order valence-corrected chi connectivity index (χ2v) is 13.4. The average molecular weight is 642 g/mol. The summed E-state index contributed by atoms with van der Waals surface area (Å²) in [5, 5.41) is 26.7. The molecule has 0 unspecified atom stereocenters. The zero-order chi connectivity index (χ0) is 32.6. The number of thiophene rings is 1. The van der Waals surface area contributed by atoms with Crippen molar-refractivity contribution in [2.75, 3.05) is 0 Å². The van der Waals surface area contributed by atoms with Crippen LogP contribution >= 0.6 is 11.3 Å². The van der Waals surface area contributed by atoms with Crippen LogP contribution in [-0.2, 0) is 0 Å². The lowest BCUT2D eigenvalue weighted by atomic mass is 10.0. The van der Waals surface area contributed by atoms with Crippen LogP contribution in [0.15, 0.2) is 140 Å². The predicted octanol–water partition coefficient (Wildman–Crippen LogP) is 11.1. The first-order valence-electron chi connectivity index (χ1n) is 16.0. The Morgan fingerprint density at radius 3 is 2.14 bits per heavy atom. The number of rotatable bonds is 3.